The van der Waals surface area contributed by atoms with E-state index in [1.54, 1.807) is 19.2 Å². The third-order valence-electron chi connectivity index (χ3n) is 6.36. The molecule has 1 aliphatic rings. The van der Waals surface area contributed by atoms with Gasteiger partial charge in [0.1, 0.15) is 5.75 Å². The minimum Gasteiger partial charge on any atom is -0.495 e. The summed E-state index contributed by atoms with van der Waals surface area (Å²) in [5.41, 5.74) is 3.13. The Morgan fingerprint density at radius 3 is 2.35 bits per heavy atom. The van der Waals surface area contributed by atoms with E-state index in [1.165, 1.54) is 11.3 Å². The van der Waals surface area contributed by atoms with E-state index in [0.717, 1.165) is 56.3 Å². The van der Waals surface area contributed by atoms with Crippen LogP contribution in [-0.4, -0.2) is 77.2 Å². The van der Waals surface area contributed by atoms with Crippen LogP contribution < -0.4 is 25.2 Å². The fourth-order valence-corrected chi connectivity index (χ4v) is 5.06. The first-order valence-electron chi connectivity index (χ1n) is 12.5. The molecule has 0 radical (unpaired) electrons. The molecule has 4 rings (SSSR count). The smallest absolute Gasteiger partial charge is 0.265 e. The number of piperazine rings is 1. The quantitative estimate of drug-likeness (QED) is 0.393. The van der Waals surface area contributed by atoms with E-state index < -0.39 is 0 Å². The van der Waals surface area contributed by atoms with Crippen molar-refractivity contribution in [1.29, 1.82) is 0 Å². The van der Waals surface area contributed by atoms with Gasteiger partial charge in [-0.3, -0.25) is 9.59 Å². The van der Waals surface area contributed by atoms with Crippen molar-refractivity contribution < 1.29 is 14.3 Å². The van der Waals surface area contributed by atoms with Gasteiger partial charge in [0.25, 0.3) is 11.8 Å². The summed E-state index contributed by atoms with van der Waals surface area (Å²) in [7, 11) is 5.73. The summed E-state index contributed by atoms with van der Waals surface area (Å²) >= 11 is 1.39. The van der Waals surface area contributed by atoms with Gasteiger partial charge in [-0.15, -0.1) is 11.3 Å². The monoisotopic (exact) mass is 521 g/mol. The number of carbonyl (C=O) groups is 2. The topological polar surface area (TPSA) is 77.1 Å². The zero-order chi connectivity index (χ0) is 26.2. The summed E-state index contributed by atoms with van der Waals surface area (Å²) in [6, 6.07) is 17.3. The number of para-hydroxylation sites is 2. The Kier molecular flexibility index (Phi) is 9.03. The molecule has 2 heterocycles. The third kappa shape index (κ3) is 6.81. The SMILES string of the molecule is COc1ccccc1N1CCN(c2ccc(NC(=O)c3cccs3)cc2C(=O)NCCCN(C)C)CC1. The number of rotatable bonds is 10. The van der Waals surface area contributed by atoms with Gasteiger partial charge in [-0.1, -0.05) is 18.2 Å². The Balaban J connectivity index is 1.51. The molecule has 1 saturated heterocycles. The van der Waals surface area contributed by atoms with Crippen molar-refractivity contribution in [1.82, 2.24) is 10.2 Å². The summed E-state index contributed by atoms with van der Waals surface area (Å²) in [6.45, 7) is 4.63. The van der Waals surface area contributed by atoms with Crippen molar-refractivity contribution in [2.45, 2.75) is 6.42 Å². The van der Waals surface area contributed by atoms with Crippen molar-refractivity contribution in [3.63, 3.8) is 0 Å². The van der Waals surface area contributed by atoms with Gasteiger partial charge >= 0.3 is 0 Å². The maximum Gasteiger partial charge on any atom is 0.265 e. The van der Waals surface area contributed by atoms with E-state index in [2.05, 4.69) is 31.4 Å². The van der Waals surface area contributed by atoms with Crippen molar-refractivity contribution in [3.05, 3.63) is 70.4 Å². The Morgan fingerprint density at radius 2 is 1.68 bits per heavy atom. The normalized spacial score (nSPS) is 13.5. The molecule has 2 amide bonds. The predicted molar refractivity (Wildman–Crippen MR) is 152 cm³/mol. The molecule has 3 aromatic rings. The number of ether oxygens (including phenoxy) is 1. The molecule has 0 spiro atoms. The highest BCUT2D eigenvalue weighted by molar-refractivity contribution is 7.12. The standard InChI is InChI=1S/C28H35N5O3S/c1-31(2)14-7-13-29-27(34)22-20-21(30-28(35)26-10-6-19-37-26)11-12-23(22)32-15-17-33(18-16-32)24-8-4-5-9-25(24)36-3/h4-6,8-12,19-20H,7,13-18H2,1-3H3,(H,29,34)(H,30,35). The van der Waals surface area contributed by atoms with E-state index in [9.17, 15) is 9.59 Å². The lowest BCUT2D eigenvalue weighted by Gasteiger charge is -2.38. The lowest BCUT2D eigenvalue weighted by atomic mass is 10.1. The summed E-state index contributed by atoms with van der Waals surface area (Å²) in [6.07, 6.45) is 0.862. The molecule has 0 atom stereocenters. The van der Waals surface area contributed by atoms with Gasteiger partial charge in [0.05, 0.1) is 23.2 Å². The Morgan fingerprint density at radius 1 is 0.946 bits per heavy atom. The highest BCUT2D eigenvalue weighted by Gasteiger charge is 2.24. The molecular formula is C28H35N5O3S. The van der Waals surface area contributed by atoms with Gasteiger partial charge < -0.3 is 30.1 Å². The van der Waals surface area contributed by atoms with Crippen LogP contribution in [0.4, 0.5) is 17.1 Å². The van der Waals surface area contributed by atoms with Crippen LogP contribution in [0.1, 0.15) is 26.5 Å². The minimum atomic E-state index is -0.175. The Bertz CT molecular complexity index is 1190. The first-order chi connectivity index (χ1) is 18.0. The number of thiophene rings is 1. The highest BCUT2D eigenvalue weighted by Crippen LogP contribution is 2.31. The number of methoxy groups -OCH3 is 1. The van der Waals surface area contributed by atoms with Crippen LogP contribution in [-0.2, 0) is 0 Å². The van der Waals surface area contributed by atoms with Crippen molar-refractivity contribution in [2.24, 2.45) is 0 Å². The van der Waals surface area contributed by atoms with E-state index in [1.807, 2.05) is 55.9 Å². The number of hydrogen-bond acceptors (Lipinski definition) is 7. The summed E-state index contributed by atoms with van der Waals surface area (Å²) in [5.74, 6) is 0.554. The molecule has 0 unspecified atom stereocenters. The molecule has 37 heavy (non-hydrogen) atoms. The summed E-state index contributed by atoms with van der Waals surface area (Å²) in [4.78, 5) is 33.2. The second-order valence-electron chi connectivity index (χ2n) is 9.22. The molecule has 0 aliphatic carbocycles. The molecule has 8 nitrogen and oxygen atoms in total. The zero-order valence-electron chi connectivity index (χ0n) is 21.7. The van der Waals surface area contributed by atoms with Crippen LogP contribution in [0.5, 0.6) is 5.75 Å². The summed E-state index contributed by atoms with van der Waals surface area (Å²) in [5, 5.41) is 7.87. The number of anilines is 3. The van der Waals surface area contributed by atoms with Crippen LogP contribution in [0.3, 0.4) is 0 Å². The van der Waals surface area contributed by atoms with Crippen molar-refractivity contribution in [3.8, 4) is 5.75 Å². The lowest BCUT2D eigenvalue weighted by Crippen LogP contribution is -2.47. The fraction of sp³-hybridized carbons (Fsp3) is 0.357. The van der Waals surface area contributed by atoms with Crippen molar-refractivity contribution >= 4 is 40.2 Å². The molecule has 1 aliphatic heterocycles. The minimum absolute atomic E-state index is 0.131. The van der Waals surface area contributed by atoms with Gasteiger partial charge in [-0.2, -0.15) is 0 Å². The van der Waals surface area contributed by atoms with Gasteiger partial charge in [-0.05, 0) is 68.8 Å². The molecule has 1 aromatic heterocycles. The molecule has 2 aromatic carbocycles. The van der Waals surface area contributed by atoms with E-state index >= 15 is 0 Å². The number of nitrogens with zero attached hydrogens (tertiary/aromatic N) is 3. The molecule has 0 bridgehead atoms. The van der Waals surface area contributed by atoms with Gasteiger partial charge in [0.2, 0.25) is 0 Å². The zero-order valence-corrected chi connectivity index (χ0v) is 22.5. The molecule has 9 heteroatoms. The van der Waals surface area contributed by atoms with E-state index in [-0.39, 0.29) is 11.8 Å². The van der Waals surface area contributed by atoms with Crippen LogP contribution in [0.25, 0.3) is 0 Å². The number of hydrogen-bond donors (Lipinski definition) is 2. The maximum atomic E-state index is 13.3. The average molecular weight is 522 g/mol. The first-order valence-corrected chi connectivity index (χ1v) is 13.4. The van der Waals surface area contributed by atoms with Gasteiger partial charge in [0, 0.05) is 44.1 Å². The van der Waals surface area contributed by atoms with Crippen LogP contribution in [0.15, 0.2) is 60.0 Å². The number of benzene rings is 2. The number of amides is 2. The molecule has 0 saturated carbocycles. The van der Waals surface area contributed by atoms with Crippen LogP contribution in [0.2, 0.25) is 0 Å². The number of carbonyl (C=O) groups excluding carboxylic acids is 2. The van der Waals surface area contributed by atoms with Crippen molar-refractivity contribution in [2.75, 3.05) is 75.6 Å². The van der Waals surface area contributed by atoms with E-state index in [4.69, 9.17) is 4.74 Å². The first kappa shape index (κ1) is 26.5. The van der Waals surface area contributed by atoms with Crippen LogP contribution >= 0.6 is 11.3 Å². The maximum absolute atomic E-state index is 13.3. The molecule has 2 N–H and O–H groups in total. The fourth-order valence-electron chi connectivity index (χ4n) is 4.44. The molecule has 1 fully saturated rings. The molecular weight excluding hydrogens is 486 g/mol. The van der Waals surface area contributed by atoms with Gasteiger partial charge in [-0.25, -0.2) is 0 Å². The lowest BCUT2D eigenvalue weighted by molar-refractivity contribution is 0.0951. The van der Waals surface area contributed by atoms with Crippen LogP contribution in [0, 0.1) is 0 Å². The predicted octanol–water partition coefficient (Wildman–Crippen LogP) is 4.02. The Hall–Kier alpha value is -3.56. The van der Waals surface area contributed by atoms with Gasteiger partial charge in [0.15, 0.2) is 0 Å². The average Bonchev–Trinajstić information content (AvgIpc) is 3.46. The Labute approximate surface area is 222 Å². The number of nitrogens with one attached hydrogen (secondary N) is 2. The second kappa shape index (κ2) is 12.6. The third-order valence-corrected chi connectivity index (χ3v) is 7.23. The molecule has 196 valence electrons. The van der Waals surface area contributed by atoms with E-state index in [0.29, 0.717) is 22.7 Å². The summed E-state index contributed by atoms with van der Waals surface area (Å²) < 4.78 is 5.55. The second-order valence-corrected chi connectivity index (χ2v) is 10.2. The largest absolute Gasteiger partial charge is 0.495 e. The highest BCUT2D eigenvalue weighted by atomic mass is 32.1.